The fourth-order valence-electron chi connectivity index (χ4n) is 2.37. The Morgan fingerprint density at radius 1 is 1.04 bits per heavy atom. The number of rotatable bonds is 5. The molecule has 1 aromatic heterocycles. The van der Waals surface area contributed by atoms with Crippen LogP contribution >= 0.6 is 11.6 Å². The van der Waals surface area contributed by atoms with Gasteiger partial charge < -0.3 is 10.6 Å². The molecule has 5 heteroatoms. The highest BCUT2D eigenvalue weighted by atomic mass is 35.5. The lowest BCUT2D eigenvalue weighted by molar-refractivity contribution is 0.0946. The minimum atomic E-state index is -0.200. The molecular weight excluding hydrogens is 334 g/mol. The highest BCUT2D eigenvalue weighted by molar-refractivity contribution is 6.31. The van der Waals surface area contributed by atoms with Crippen LogP contribution in [0.2, 0.25) is 5.02 Å². The van der Waals surface area contributed by atoms with Gasteiger partial charge in [-0.05, 0) is 42.3 Å². The second kappa shape index (κ2) is 7.81. The van der Waals surface area contributed by atoms with Crippen molar-refractivity contribution in [3.8, 4) is 0 Å². The van der Waals surface area contributed by atoms with Crippen LogP contribution in [0.3, 0.4) is 0 Å². The van der Waals surface area contributed by atoms with E-state index in [2.05, 4.69) is 15.6 Å². The summed E-state index contributed by atoms with van der Waals surface area (Å²) < 4.78 is 0. The maximum Gasteiger partial charge on any atom is 0.270 e. The van der Waals surface area contributed by atoms with E-state index in [1.54, 1.807) is 12.3 Å². The van der Waals surface area contributed by atoms with Crippen molar-refractivity contribution < 1.29 is 4.79 Å². The smallest absolute Gasteiger partial charge is 0.270 e. The lowest BCUT2D eigenvalue weighted by Crippen LogP contribution is -2.23. The summed E-state index contributed by atoms with van der Waals surface area (Å²) in [5, 5.41) is 6.82. The SMILES string of the molecule is Cc1c(Cl)cccc1Nc1ccc(C(=O)NCc2ccccc2)nc1. The van der Waals surface area contributed by atoms with Crippen LogP contribution < -0.4 is 10.6 Å². The molecule has 0 radical (unpaired) electrons. The first kappa shape index (κ1) is 17.0. The van der Waals surface area contributed by atoms with Crippen molar-refractivity contribution in [3.63, 3.8) is 0 Å². The van der Waals surface area contributed by atoms with Crippen molar-refractivity contribution in [1.29, 1.82) is 0 Å². The molecule has 0 aliphatic heterocycles. The Labute approximate surface area is 151 Å². The number of carbonyl (C=O) groups excluding carboxylic acids is 1. The van der Waals surface area contributed by atoms with E-state index in [4.69, 9.17) is 11.6 Å². The fraction of sp³-hybridized carbons (Fsp3) is 0.100. The number of halogens is 1. The van der Waals surface area contributed by atoms with Crippen LogP contribution in [-0.2, 0) is 6.54 Å². The van der Waals surface area contributed by atoms with Crippen molar-refractivity contribution in [1.82, 2.24) is 10.3 Å². The summed E-state index contributed by atoms with van der Waals surface area (Å²) in [7, 11) is 0. The quantitative estimate of drug-likeness (QED) is 0.699. The summed E-state index contributed by atoms with van der Waals surface area (Å²) in [4.78, 5) is 16.4. The summed E-state index contributed by atoms with van der Waals surface area (Å²) in [6.45, 7) is 2.42. The predicted molar refractivity (Wildman–Crippen MR) is 101 cm³/mol. The van der Waals surface area contributed by atoms with Crippen LogP contribution in [0.4, 0.5) is 11.4 Å². The van der Waals surface area contributed by atoms with Gasteiger partial charge in [0.15, 0.2) is 0 Å². The van der Waals surface area contributed by atoms with Crippen molar-refractivity contribution in [2.24, 2.45) is 0 Å². The molecule has 25 heavy (non-hydrogen) atoms. The minimum Gasteiger partial charge on any atom is -0.354 e. The monoisotopic (exact) mass is 351 g/mol. The average Bonchev–Trinajstić information content (AvgIpc) is 2.65. The summed E-state index contributed by atoms with van der Waals surface area (Å²) in [5.74, 6) is -0.200. The Hall–Kier alpha value is -2.85. The van der Waals surface area contributed by atoms with Gasteiger partial charge in [0.05, 0.1) is 11.9 Å². The van der Waals surface area contributed by atoms with Gasteiger partial charge in [-0.2, -0.15) is 0 Å². The number of anilines is 2. The first-order chi connectivity index (χ1) is 12.1. The van der Waals surface area contributed by atoms with Crippen LogP contribution in [0.1, 0.15) is 21.6 Å². The standard InChI is InChI=1S/C20H18ClN3O/c1-14-17(21)8-5-9-18(14)24-16-10-11-19(22-13-16)20(25)23-12-15-6-3-2-4-7-15/h2-11,13,24H,12H2,1H3,(H,23,25). The normalized spacial score (nSPS) is 10.3. The topological polar surface area (TPSA) is 54.0 Å². The van der Waals surface area contributed by atoms with Gasteiger partial charge in [0, 0.05) is 17.3 Å². The molecule has 0 atom stereocenters. The molecule has 0 fully saturated rings. The molecule has 3 aromatic rings. The van der Waals surface area contributed by atoms with Gasteiger partial charge >= 0.3 is 0 Å². The van der Waals surface area contributed by atoms with Crippen LogP contribution in [0.25, 0.3) is 0 Å². The second-order valence-corrected chi connectivity index (χ2v) is 6.04. The number of nitrogens with one attached hydrogen (secondary N) is 2. The van der Waals surface area contributed by atoms with Crippen molar-refractivity contribution in [3.05, 3.63) is 88.7 Å². The Balaban J connectivity index is 1.63. The third-order valence-corrected chi connectivity index (χ3v) is 4.25. The molecule has 0 unspecified atom stereocenters. The first-order valence-electron chi connectivity index (χ1n) is 7.94. The second-order valence-electron chi connectivity index (χ2n) is 5.64. The maximum atomic E-state index is 12.2. The maximum absolute atomic E-state index is 12.2. The zero-order valence-electron chi connectivity index (χ0n) is 13.8. The van der Waals surface area contributed by atoms with Crippen LogP contribution in [0, 0.1) is 6.92 Å². The van der Waals surface area contributed by atoms with Gasteiger partial charge in [-0.25, -0.2) is 4.98 Å². The van der Waals surface area contributed by atoms with Crippen molar-refractivity contribution in [2.75, 3.05) is 5.32 Å². The van der Waals surface area contributed by atoms with E-state index in [1.165, 1.54) is 0 Å². The number of aromatic nitrogens is 1. The number of pyridine rings is 1. The number of hydrogen-bond acceptors (Lipinski definition) is 3. The molecule has 4 nitrogen and oxygen atoms in total. The molecule has 1 heterocycles. The van der Waals surface area contributed by atoms with Gasteiger partial charge in [0.1, 0.15) is 5.69 Å². The van der Waals surface area contributed by atoms with E-state index in [-0.39, 0.29) is 5.91 Å². The molecular formula is C20H18ClN3O. The number of nitrogens with zero attached hydrogens (tertiary/aromatic N) is 1. The average molecular weight is 352 g/mol. The molecule has 0 aliphatic carbocycles. The molecule has 3 rings (SSSR count). The molecule has 2 aromatic carbocycles. The Morgan fingerprint density at radius 2 is 1.84 bits per heavy atom. The molecule has 1 amide bonds. The Morgan fingerprint density at radius 3 is 2.56 bits per heavy atom. The zero-order valence-corrected chi connectivity index (χ0v) is 14.5. The van der Waals surface area contributed by atoms with Crippen LogP contribution in [0.15, 0.2) is 66.9 Å². The van der Waals surface area contributed by atoms with E-state index in [1.807, 2.05) is 61.5 Å². The highest BCUT2D eigenvalue weighted by Crippen LogP contribution is 2.25. The number of carbonyl (C=O) groups is 1. The summed E-state index contributed by atoms with van der Waals surface area (Å²) >= 11 is 6.12. The molecule has 0 saturated carbocycles. The van der Waals surface area contributed by atoms with E-state index in [9.17, 15) is 4.79 Å². The molecule has 2 N–H and O–H groups in total. The Bertz CT molecular complexity index is 864. The third-order valence-electron chi connectivity index (χ3n) is 3.84. The fourth-order valence-corrected chi connectivity index (χ4v) is 2.54. The van der Waals surface area contributed by atoms with E-state index >= 15 is 0 Å². The highest BCUT2D eigenvalue weighted by Gasteiger charge is 2.08. The molecule has 0 saturated heterocycles. The molecule has 0 spiro atoms. The van der Waals surface area contributed by atoms with Gasteiger partial charge in [-0.15, -0.1) is 0 Å². The van der Waals surface area contributed by atoms with E-state index < -0.39 is 0 Å². The molecule has 0 bridgehead atoms. The largest absolute Gasteiger partial charge is 0.354 e. The van der Waals surface area contributed by atoms with Crippen LogP contribution in [-0.4, -0.2) is 10.9 Å². The third kappa shape index (κ3) is 4.37. The van der Waals surface area contributed by atoms with Gasteiger partial charge in [-0.3, -0.25) is 4.79 Å². The number of amides is 1. The lowest BCUT2D eigenvalue weighted by Gasteiger charge is -2.11. The minimum absolute atomic E-state index is 0.200. The number of hydrogen-bond donors (Lipinski definition) is 2. The molecule has 0 aliphatic rings. The first-order valence-corrected chi connectivity index (χ1v) is 8.31. The summed E-state index contributed by atoms with van der Waals surface area (Å²) in [6, 6.07) is 19.0. The van der Waals surface area contributed by atoms with Crippen LogP contribution in [0.5, 0.6) is 0 Å². The van der Waals surface area contributed by atoms with E-state index in [0.29, 0.717) is 17.3 Å². The predicted octanol–water partition coefficient (Wildman–Crippen LogP) is 4.72. The zero-order chi connectivity index (χ0) is 17.6. The van der Waals surface area contributed by atoms with Gasteiger partial charge in [0.25, 0.3) is 5.91 Å². The van der Waals surface area contributed by atoms with Crippen molar-refractivity contribution in [2.45, 2.75) is 13.5 Å². The Kier molecular flexibility index (Phi) is 5.31. The van der Waals surface area contributed by atoms with E-state index in [0.717, 1.165) is 22.5 Å². The van der Waals surface area contributed by atoms with Gasteiger partial charge in [-0.1, -0.05) is 48.0 Å². The lowest BCUT2D eigenvalue weighted by atomic mass is 10.2. The summed E-state index contributed by atoms with van der Waals surface area (Å²) in [5.41, 5.74) is 4.10. The molecule has 126 valence electrons. The summed E-state index contributed by atoms with van der Waals surface area (Å²) in [6.07, 6.45) is 1.64. The number of benzene rings is 2. The van der Waals surface area contributed by atoms with Crippen molar-refractivity contribution >= 4 is 28.9 Å². The van der Waals surface area contributed by atoms with Gasteiger partial charge in [0.2, 0.25) is 0 Å².